The molecule has 0 saturated carbocycles. The van der Waals surface area contributed by atoms with Gasteiger partial charge in [0.25, 0.3) is 5.91 Å². The first-order valence-corrected chi connectivity index (χ1v) is 10.2. The van der Waals surface area contributed by atoms with Crippen LogP contribution in [0.15, 0.2) is 79.4 Å². The highest BCUT2D eigenvalue weighted by Crippen LogP contribution is 2.23. The predicted octanol–water partition coefficient (Wildman–Crippen LogP) is 4.05. The first-order valence-electron chi connectivity index (χ1n) is 10.2. The van der Waals surface area contributed by atoms with Crippen LogP contribution >= 0.6 is 0 Å². The van der Waals surface area contributed by atoms with Crippen LogP contribution in [0.25, 0.3) is 16.9 Å². The fourth-order valence-electron chi connectivity index (χ4n) is 3.13. The number of rotatable bonds is 8. The standard InChI is InChI=1S/C24H23N5O2/c1-2-14-31-24-19(9-7-13-26-24)16-27-23(30)21-17-29(20-10-4-3-5-11-20)28-22(21)18-8-6-12-25-15-18/h3-13,15,17H,2,14,16H2,1H3,(H,27,30). The zero-order valence-electron chi connectivity index (χ0n) is 17.2. The lowest BCUT2D eigenvalue weighted by atomic mass is 10.1. The van der Waals surface area contributed by atoms with Crippen molar-refractivity contribution in [3.05, 3.63) is 90.5 Å². The molecule has 0 atom stereocenters. The first kappa shape index (κ1) is 20.3. The van der Waals surface area contributed by atoms with Crippen LogP contribution in [0.3, 0.4) is 0 Å². The summed E-state index contributed by atoms with van der Waals surface area (Å²) in [6.45, 7) is 2.91. The lowest BCUT2D eigenvalue weighted by Crippen LogP contribution is -2.23. The minimum absolute atomic E-state index is 0.230. The van der Waals surface area contributed by atoms with Gasteiger partial charge in [0, 0.05) is 42.5 Å². The van der Waals surface area contributed by atoms with E-state index in [0.717, 1.165) is 23.2 Å². The van der Waals surface area contributed by atoms with Crippen LogP contribution in [0.5, 0.6) is 5.88 Å². The Hall–Kier alpha value is -4.00. The van der Waals surface area contributed by atoms with E-state index in [-0.39, 0.29) is 5.91 Å². The van der Waals surface area contributed by atoms with Crippen molar-refractivity contribution in [2.45, 2.75) is 19.9 Å². The Morgan fingerprint density at radius 1 is 1.06 bits per heavy atom. The van der Waals surface area contributed by atoms with Crippen LogP contribution in [-0.2, 0) is 6.54 Å². The summed E-state index contributed by atoms with van der Waals surface area (Å²) in [5, 5.41) is 7.64. The number of ether oxygens (including phenoxy) is 1. The quantitative estimate of drug-likeness (QED) is 0.471. The number of hydrogen-bond donors (Lipinski definition) is 1. The average molecular weight is 413 g/mol. The average Bonchev–Trinajstić information content (AvgIpc) is 3.28. The maximum atomic E-state index is 13.1. The number of nitrogens with one attached hydrogen (secondary N) is 1. The Balaban J connectivity index is 1.61. The fourth-order valence-corrected chi connectivity index (χ4v) is 3.13. The zero-order chi connectivity index (χ0) is 21.5. The number of aromatic nitrogens is 4. The van der Waals surface area contributed by atoms with Gasteiger partial charge < -0.3 is 10.1 Å². The number of pyridine rings is 2. The van der Waals surface area contributed by atoms with Gasteiger partial charge in [0.2, 0.25) is 5.88 Å². The van der Waals surface area contributed by atoms with Gasteiger partial charge in [-0.05, 0) is 36.8 Å². The van der Waals surface area contributed by atoms with Crippen LogP contribution < -0.4 is 10.1 Å². The Morgan fingerprint density at radius 2 is 1.90 bits per heavy atom. The molecular weight excluding hydrogens is 390 g/mol. The van der Waals surface area contributed by atoms with Crippen molar-refractivity contribution in [2.75, 3.05) is 6.61 Å². The summed E-state index contributed by atoms with van der Waals surface area (Å²) in [7, 11) is 0. The molecule has 0 aliphatic carbocycles. The van der Waals surface area contributed by atoms with Gasteiger partial charge in [0.15, 0.2) is 0 Å². The molecule has 0 spiro atoms. The van der Waals surface area contributed by atoms with E-state index in [2.05, 4.69) is 20.4 Å². The van der Waals surface area contributed by atoms with Gasteiger partial charge in [-0.1, -0.05) is 31.2 Å². The molecule has 7 nitrogen and oxygen atoms in total. The summed E-state index contributed by atoms with van der Waals surface area (Å²) >= 11 is 0. The Kier molecular flexibility index (Phi) is 6.32. The molecule has 4 rings (SSSR count). The maximum Gasteiger partial charge on any atom is 0.255 e. The molecule has 0 aliphatic heterocycles. The van der Waals surface area contributed by atoms with E-state index in [9.17, 15) is 4.79 Å². The highest BCUT2D eigenvalue weighted by atomic mass is 16.5. The van der Waals surface area contributed by atoms with Crippen molar-refractivity contribution in [3.63, 3.8) is 0 Å². The minimum atomic E-state index is -0.230. The van der Waals surface area contributed by atoms with E-state index in [1.807, 2.05) is 61.5 Å². The molecular formula is C24H23N5O2. The van der Waals surface area contributed by atoms with E-state index in [1.54, 1.807) is 29.5 Å². The smallest absolute Gasteiger partial charge is 0.255 e. The summed E-state index contributed by atoms with van der Waals surface area (Å²) < 4.78 is 7.40. The van der Waals surface area contributed by atoms with E-state index < -0.39 is 0 Å². The van der Waals surface area contributed by atoms with Gasteiger partial charge in [-0.15, -0.1) is 0 Å². The van der Waals surface area contributed by atoms with Gasteiger partial charge in [0.05, 0.1) is 17.9 Å². The molecule has 0 aliphatic rings. The summed E-state index contributed by atoms with van der Waals surface area (Å²) in [4.78, 5) is 21.6. The second-order valence-corrected chi connectivity index (χ2v) is 6.91. The second-order valence-electron chi connectivity index (χ2n) is 6.91. The summed E-state index contributed by atoms with van der Waals surface area (Å²) in [5.74, 6) is 0.309. The number of benzene rings is 1. The van der Waals surface area contributed by atoms with Crippen molar-refractivity contribution < 1.29 is 9.53 Å². The fraction of sp³-hybridized carbons (Fsp3) is 0.167. The monoisotopic (exact) mass is 413 g/mol. The summed E-state index contributed by atoms with van der Waals surface area (Å²) in [6, 6.07) is 17.1. The van der Waals surface area contributed by atoms with E-state index in [0.29, 0.717) is 30.3 Å². The van der Waals surface area contributed by atoms with Crippen LogP contribution in [-0.4, -0.2) is 32.3 Å². The van der Waals surface area contributed by atoms with Gasteiger partial charge >= 0.3 is 0 Å². The van der Waals surface area contributed by atoms with Crippen LogP contribution in [0.4, 0.5) is 0 Å². The first-order chi connectivity index (χ1) is 15.3. The van der Waals surface area contributed by atoms with Gasteiger partial charge in [0.1, 0.15) is 5.69 Å². The Bertz CT molecular complexity index is 1140. The number of para-hydroxylation sites is 1. The lowest BCUT2D eigenvalue weighted by molar-refractivity contribution is 0.0951. The number of amides is 1. The van der Waals surface area contributed by atoms with Crippen molar-refractivity contribution >= 4 is 5.91 Å². The molecule has 1 aromatic carbocycles. The third kappa shape index (κ3) is 4.78. The van der Waals surface area contributed by atoms with Crippen molar-refractivity contribution in [1.29, 1.82) is 0 Å². The number of carbonyl (C=O) groups excluding carboxylic acids is 1. The highest BCUT2D eigenvalue weighted by Gasteiger charge is 2.19. The summed E-state index contributed by atoms with van der Waals surface area (Å²) in [5.41, 5.74) is 3.51. The molecule has 1 N–H and O–H groups in total. The molecule has 3 aromatic heterocycles. The molecule has 0 fully saturated rings. The van der Waals surface area contributed by atoms with Crippen LogP contribution in [0, 0.1) is 0 Å². The van der Waals surface area contributed by atoms with E-state index in [1.165, 1.54) is 0 Å². The molecule has 0 bridgehead atoms. The molecule has 4 aromatic rings. The molecule has 3 heterocycles. The Labute approximate surface area is 180 Å². The molecule has 0 unspecified atom stereocenters. The van der Waals surface area contributed by atoms with Gasteiger partial charge in [-0.3, -0.25) is 9.78 Å². The SMILES string of the molecule is CCCOc1ncccc1CNC(=O)c1cn(-c2ccccc2)nc1-c1cccnc1. The molecule has 0 saturated heterocycles. The van der Waals surface area contributed by atoms with Crippen LogP contribution in [0.1, 0.15) is 29.3 Å². The molecule has 7 heteroatoms. The topological polar surface area (TPSA) is 81.9 Å². The summed E-state index contributed by atoms with van der Waals surface area (Å²) in [6.07, 6.45) is 7.70. The maximum absolute atomic E-state index is 13.1. The number of carbonyl (C=O) groups is 1. The Morgan fingerprint density at radius 3 is 2.68 bits per heavy atom. The predicted molar refractivity (Wildman–Crippen MR) is 118 cm³/mol. The van der Waals surface area contributed by atoms with Crippen LogP contribution in [0.2, 0.25) is 0 Å². The van der Waals surface area contributed by atoms with Gasteiger partial charge in [-0.2, -0.15) is 5.10 Å². The molecule has 156 valence electrons. The molecule has 0 radical (unpaired) electrons. The number of hydrogen-bond acceptors (Lipinski definition) is 5. The largest absolute Gasteiger partial charge is 0.477 e. The third-order valence-electron chi connectivity index (χ3n) is 4.65. The minimum Gasteiger partial charge on any atom is -0.477 e. The van der Waals surface area contributed by atoms with Crippen molar-refractivity contribution in [2.24, 2.45) is 0 Å². The van der Waals surface area contributed by atoms with Gasteiger partial charge in [-0.25, -0.2) is 9.67 Å². The third-order valence-corrected chi connectivity index (χ3v) is 4.65. The molecule has 31 heavy (non-hydrogen) atoms. The zero-order valence-corrected chi connectivity index (χ0v) is 17.2. The van der Waals surface area contributed by atoms with E-state index in [4.69, 9.17) is 4.74 Å². The van der Waals surface area contributed by atoms with Crippen molar-refractivity contribution in [1.82, 2.24) is 25.1 Å². The lowest BCUT2D eigenvalue weighted by Gasteiger charge is -2.10. The molecule has 1 amide bonds. The highest BCUT2D eigenvalue weighted by molar-refractivity contribution is 5.99. The van der Waals surface area contributed by atoms with Crippen molar-refractivity contribution in [3.8, 4) is 22.8 Å². The normalized spacial score (nSPS) is 10.6. The second kappa shape index (κ2) is 9.67. The number of nitrogens with zero attached hydrogens (tertiary/aromatic N) is 4. The van der Waals surface area contributed by atoms with E-state index >= 15 is 0 Å².